The molecule has 3 N–H and O–H groups in total. The molecule has 0 radical (unpaired) electrons. The zero-order chi connectivity index (χ0) is 13.0. The molecule has 2 rings (SSSR count). The molecular formula is C11H17N5O2. The second-order valence-corrected chi connectivity index (χ2v) is 4.31. The summed E-state index contributed by atoms with van der Waals surface area (Å²) < 4.78 is 0. The van der Waals surface area contributed by atoms with Crippen LogP contribution in [0.2, 0.25) is 0 Å². The Kier molecular flexibility index (Phi) is 3.91. The predicted molar refractivity (Wildman–Crippen MR) is 63.9 cm³/mol. The van der Waals surface area contributed by atoms with E-state index in [9.17, 15) is 9.59 Å². The van der Waals surface area contributed by atoms with Gasteiger partial charge in [0.25, 0.3) is 5.91 Å². The fourth-order valence-corrected chi connectivity index (χ4v) is 1.45. The molecule has 0 spiro atoms. The zero-order valence-electron chi connectivity index (χ0n) is 10.3. The molecule has 2 amide bonds. The Morgan fingerprint density at radius 2 is 2.22 bits per heavy atom. The Morgan fingerprint density at radius 3 is 2.83 bits per heavy atom. The van der Waals surface area contributed by atoms with E-state index < -0.39 is 0 Å². The monoisotopic (exact) mass is 251 g/mol. The molecule has 1 saturated carbocycles. The van der Waals surface area contributed by atoms with Crippen LogP contribution in [0.5, 0.6) is 0 Å². The van der Waals surface area contributed by atoms with Gasteiger partial charge < -0.3 is 10.6 Å². The first-order chi connectivity index (χ1) is 8.69. The number of aromatic amines is 1. The molecule has 1 heterocycles. The number of rotatable bonds is 6. The van der Waals surface area contributed by atoms with Crippen molar-refractivity contribution in [1.82, 2.24) is 25.8 Å². The number of aromatic nitrogens is 3. The molecule has 1 aliphatic carbocycles. The third-order valence-electron chi connectivity index (χ3n) is 2.65. The van der Waals surface area contributed by atoms with Gasteiger partial charge in [-0.2, -0.15) is 0 Å². The van der Waals surface area contributed by atoms with Gasteiger partial charge in [-0.05, 0) is 12.8 Å². The highest BCUT2D eigenvalue weighted by atomic mass is 16.2. The highest BCUT2D eigenvalue weighted by Crippen LogP contribution is 2.18. The van der Waals surface area contributed by atoms with E-state index in [1.54, 1.807) is 0 Å². The first-order valence-electron chi connectivity index (χ1n) is 6.18. The summed E-state index contributed by atoms with van der Waals surface area (Å²) in [5, 5.41) is 11.9. The van der Waals surface area contributed by atoms with Crippen molar-refractivity contribution < 1.29 is 9.59 Å². The van der Waals surface area contributed by atoms with Crippen LogP contribution in [-0.2, 0) is 11.2 Å². The average molecular weight is 251 g/mol. The van der Waals surface area contributed by atoms with Crippen LogP contribution in [0.3, 0.4) is 0 Å². The number of aryl methyl sites for hydroxylation is 1. The summed E-state index contributed by atoms with van der Waals surface area (Å²) in [6.07, 6.45) is 3.11. The number of hydrogen-bond acceptors (Lipinski definition) is 4. The third kappa shape index (κ3) is 3.54. The number of carbonyl (C=O) groups excluding carboxylic acids is 2. The van der Waals surface area contributed by atoms with Crippen LogP contribution in [0.1, 0.15) is 42.6 Å². The van der Waals surface area contributed by atoms with Crippen LogP contribution in [0.25, 0.3) is 0 Å². The Balaban J connectivity index is 1.68. The number of carbonyl (C=O) groups is 2. The van der Waals surface area contributed by atoms with Gasteiger partial charge >= 0.3 is 0 Å². The second-order valence-electron chi connectivity index (χ2n) is 4.31. The highest BCUT2D eigenvalue weighted by Gasteiger charge is 2.22. The second kappa shape index (κ2) is 5.61. The fraction of sp³-hybridized carbons (Fsp3) is 0.636. The maximum Gasteiger partial charge on any atom is 0.290 e. The first-order valence-corrected chi connectivity index (χ1v) is 6.18. The van der Waals surface area contributed by atoms with E-state index in [1.165, 1.54) is 0 Å². The van der Waals surface area contributed by atoms with Crippen molar-refractivity contribution in [3.63, 3.8) is 0 Å². The van der Waals surface area contributed by atoms with E-state index in [-0.39, 0.29) is 24.1 Å². The van der Waals surface area contributed by atoms with E-state index in [4.69, 9.17) is 0 Å². The summed E-state index contributed by atoms with van der Waals surface area (Å²) in [6.45, 7) is 2.22. The van der Waals surface area contributed by atoms with Crippen LogP contribution >= 0.6 is 0 Å². The summed E-state index contributed by atoms with van der Waals surface area (Å²) in [5.41, 5.74) is 0. The minimum atomic E-state index is -0.356. The molecule has 18 heavy (non-hydrogen) atoms. The lowest BCUT2D eigenvalue weighted by Crippen LogP contribution is -2.32. The zero-order valence-corrected chi connectivity index (χ0v) is 10.3. The normalized spacial score (nSPS) is 14.3. The number of nitrogens with one attached hydrogen (secondary N) is 3. The van der Waals surface area contributed by atoms with Gasteiger partial charge in [-0.15, -0.1) is 5.10 Å². The van der Waals surface area contributed by atoms with Crippen molar-refractivity contribution in [2.24, 2.45) is 0 Å². The molecule has 0 unspecified atom stereocenters. The maximum absolute atomic E-state index is 11.6. The largest absolute Gasteiger partial charge is 0.353 e. The van der Waals surface area contributed by atoms with Gasteiger partial charge in [0, 0.05) is 25.4 Å². The van der Waals surface area contributed by atoms with Crippen molar-refractivity contribution in [3.8, 4) is 0 Å². The van der Waals surface area contributed by atoms with Crippen LogP contribution in [0.15, 0.2) is 0 Å². The predicted octanol–water partition coefficient (Wildman–Crippen LogP) is -0.234. The molecule has 1 aromatic heterocycles. The maximum atomic E-state index is 11.6. The Morgan fingerprint density at radius 1 is 1.44 bits per heavy atom. The molecule has 1 aromatic rings. The van der Waals surface area contributed by atoms with E-state index in [0.717, 1.165) is 12.8 Å². The van der Waals surface area contributed by atoms with Crippen molar-refractivity contribution >= 4 is 11.8 Å². The number of nitrogens with zero attached hydrogens (tertiary/aromatic N) is 2. The minimum absolute atomic E-state index is 0.0259. The molecule has 0 bridgehead atoms. The van der Waals surface area contributed by atoms with Crippen LogP contribution in [-0.4, -0.2) is 39.6 Å². The van der Waals surface area contributed by atoms with Gasteiger partial charge in [0.15, 0.2) is 0 Å². The van der Waals surface area contributed by atoms with Gasteiger partial charge in [-0.3, -0.25) is 14.7 Å². The van der Waals surface area contributed by atoms with Crippen molar-refractivity contribution in [3.05, 3.63) is 11.6 Å². The summed E-state index contributed by atoms with van der Waals surface area (Å²) in [5.74, 6) is 0.410. The van der Waals surface area contributed by atoms with Crippen molar-refractivity contribution in [1.29, 1.82) is 0 Å². The SMILES string of the molecule is CCc1nc(C(=O)NCCC(=O)NC2CC2)n[nH]1. The molecule has 1 aliphatic rings. The Hall–Kier alpha value is -1.92. The van der Waals surface area contributed by atoms with Crippen LogP contribution < -0.4 is 10.6 Å². The summed E-state index contributed by atoms with van der Waals surface area (Å²) in [6, 6.07) is 0.355. The van der Waals surface area contributed by atoms with Gasteiger partial charge in [0.2, 0.25) is 11.7 Å². The van der Waals surface area contributed by atoms with Gasteiger partial charge in [0.05, 0.1) is 0 Å². The smallest absolute Gasteiger partial charge is 0.290 e. The molecule has 7 nitrogen and oxygen atoms in total. The lowest BCUT2D eigenvalue weighted by molar-refractivity contribution is -0.121. The topological polar surface area (TPSA) is 99.8 Å². The van der Waals surface area contributed by atoms with Crippen LogP contribution in [0, 0.1) is 0 Å². The highest BCUT2D eigenvalue weighted by molar-refractivity contribution is 5.90. The molecule has 98 valence electrons. The van der Waals surface area contributed by atoms with E-state index in [1.807, 2.05) is 6.92 Å². The third-order valence-corrected chi connectivity index (χ3v) is 2.65. The van der Waals surface area contributed by atoms with Gasteiger partial charge in [0.1, 0.15) is 5.82 Å². The van der Waals surface area contributed by atoms with Gasteiger partial charge in [-0.25, -0.2) is 4.98 Å². The molecule has 7 heteroatoms. The van der Waals surface area contributed by atoms with Gasteiger partial charge in [-0.1, -0.05) is 6.92 Å². The molecule has 0 atom stereocenters. The standard InChI is InChI=1S/C11H17N5O2/c1-2-8-14-10(16-15-8)11(18)12-6-5-9(17)13-7-3-4-7/h7H,2-6H2,1H3,(H,12,18)(H,13,17)(H,14,15,16). The fourth-order valence-electron chi connectivity index (χ4n) is 1.45. The molecule has 0 aromatic carbocycles. The first kappa shape index (κ1) is 12.5. The number of H-pyrrole nitrogens is 1. The van der Waals surface area contributed by atoms with E-state index in [2.05, 4.69) is 25.8 Å². The lowest BCUT2D eigenvalue weighted by atomic mass is 10.4. The summed E-state index contributed by atoms with van der Waals surface area (Å²) in [7, 11) is 0. The van der Waals surface area contributed by atoms with Crippen molar-refractivity contribution in [2.45, 2.75) is 38.6 Å². The molecule has 0 saturated heterocycles. The lowest BCUT2D eigenvalue weighted by Gasteiger charge is -2.03. The summed E-state index contributed by atoms with van der Waals surface area (Å²) >= 11 is 0. The van der Waals surface area contributed by atoms with Crippen LogP contribution in [0.4, 0.5) is 0 Å². The number of amides is 2. The molecular weight excluding hydrogens is 234 g/mol. The number of hydrogen-bond donors (Lipinski definition) is 3. The van der Waals surface area contributed by atoms with E-state index in [0.29, 0.717) is 24.8 Å². The molecule has 1 fully saturated rings. The Labute approximate surface area is 105 Å². The average Bonchev–Trinajstić information content (AvgIpc) is 3.03. The van der Waals surface area contributed by atoms with E-state index >= 15 is 0 Å². The minimum Gasteiger partial charge on any atom is -0.353 e. The Bertz CT molecular complexity index is 438. The van der Waals surface area contributed by atoms with Crippen molar-refractivity contribution in [2.75, 3.05) is 6.54 Å². The molecule has 0 aliphatic heterocycles. The summed E-state index contributed by atoms with van der Waals surface area (Å²) in [4.78, 5) is 27.0. The quantitative estimate of drug-likeness (QED) is 0.650.